The Labute approximate surface area is 70.0 Å². The zero-order valence-corrected chi connectivity index (χ0v) is 7.00. The summed E-state index contributed by atoms with van der Waals surface area (Å²) in [5, 5.41) is 0. The van der Waals surface area contributed by atoms with Gasteiger partial charge in [-0.25, -0.2) is 0 Å². The lowest BCUT2D eigenvalue weighted by Crippen LogP contribution is -1.79. The van der Waals surface area contributed by atoms with Crippen molar-refractivity contribution in [1.29, 1.82) is 0 Å². The molecule has 1 aromatic carbocycles. The lowest BCUT2D eigenvalue weighted by molar-refractivity contribution is 0.299. The molecule has 0 amide bonds. The molecule has 0 aliphatic rings. The Morgan fingerprint density at radius 3 is 3.00 bits per heavy atom. The van der Waals surface area contributed by atoms with Gasteiger partial charge in [0.1, 0.15) is 5.52 Å². The lowest BCUT2D eigenvalue weighted by atomic mass is 10.2. The molecule has 0 saturated carbocycles. The van der Waals surface area contributed by atoms with Crippen molar-refractivity contribution in [2.45, 2.75) is 6.92 Å². The lowest BCUT2D eigenvalue weighted by Gasteiger charge is -1.87. The Bertz CT molecular complexity index is 406. The highest BCUT2D eigenvalue weighted by Crippen LogP contribution is 2.20. The molecular formula is C9H9NO2. The minimum Gasteiger partial charge on any atom is -0.453 e. The minimum absolute atomic E-state index is 0.315. The van der Waals surface area contributed by atoms with Crippen molar-refractivity contribution in [3.8, 4) is 6.08 Å². The molecule has 0 unspecified atom stereocenters. The van der Waals surface area contributed by atoms with E-state index in [0.717, 1.165) is 16.7 Å². The largest absolute Gasteiger partial charge is 0.453 e. The monoisotopic (exact) mass is 163 g/mol. The molecule has 3 heteroatoms. The second-order valence-electron chi connectivity index (χ2n) is 2.66. The van der Waals surface area contributed by atoms with Crippen molar-refractivity contribution in [3.05, 3.63) is 23.8 Å². The Morgan fingerprint density at radius 2 is 2.25 bits per heavy atom. The predicted molar refractivity (Wildman–Crippen MR) is 45.3 cm³/mol. The molecule has 0 saturated heterocycles. The van der Waals surface area contributed by atoms with E-state index in [1.54, 1.807) is 0 Å². The Balaban J connectivity index is 2.67. The van der Waals surface area contributed by atoms with Crippen LogP contribution in [0.2, 0.25) is 0 Å². The van der Waals surface area contributed by atoms with E-state index in [1.807, 2.05) is 25.1 Å². The van der Waals surface area contributed by atoms with Crippen molar-refractivity contribution in [2.24, 2.45) is 0 Å². The standard InChI is InChI=1S/C9H9NO2/c1-6-3-4-7-8(5-6)12-9(10-7)11-2/h3-5H,1-2H3. The summed E-state index contributed by atoms with van der Waals surface area (Å²) >= 11 is 0. The van der Waals surface area contributed by atoms with E-state index in [-0.39, 0.29) is 0 Å². The number of rotatable bonds is 1. The zero-order chi connectivity index (χ0) is 8.55. The third-order valence-corrected chi connectivity index (χ3v) is 1.70. The van der Waals surface area contributed by atoms with Crippen LogP contribution in [0, 0.1) is 6.92 Å². The van der Waals surface area contributed by atoms with Crippen LogP contribution < -0.4 is 4.74 Å². The fraction of sp³-hybridized carbons (Fsp3) is 0.222. The molecule has 0 atom stereocenters. The third-order valence-electron chi connectivity index (χ3n) is 1.70. The molecule has 1 aromatic heterocycles. The molecule has 0 bridgehead atoms. The topological polar surface area (TPSA) is 35.3 Å². The zero-order valence-electron chi connectivity index (χ0n) is 7.00. The first-order chi connectivity index (χ1) is 5.79. The van der Waals surface area contributed by atoms with Crippen LogP contribution in [0.1, 0.15) is 5.56 Å². The molecule has 0 aliphatic carbocycles. The van der Waals surface area contributed by atoms with Crippen LogP contribution in [0.15, 0.2) is 22.6 Å². The highest BCUT2D eigenvalue weighted by atomic mass is 16.6. The van der Waals surface area contributed by atoms with Gasteiger partial charge in [-0.3, -0.25) is 0 Å². The van der Waals surface area contributed by atoms with Gasteiger partial charge in [0.2, 0.25) is 0 Å². The number of fused-ring (bicyclic) bond motifs is 1. The van der Waals surface area contributed by atoms with Gasteiger partial charge in [0.15, 0.2) is 5.58 Å². The van der Waals surface area contributed by atoms with Crippen LogP contribution in [0.4, 0.5) is 0 Å². The highest BCUT2D eigenvalue weighted by Gasteiger charge is 2.03. The van der Waals surface area contributed by atoms with Gasteiger partial charge in [0, 0.05) is 0 Å². The first-order valence-corrected chi connectivity index (χ1v) is 3.71. The van der Waals surface area contributed by atoms with Crippen molar-refractivity contribution in [2.75, 3.05) is 7.11 Å². The maximum Gasteiger partial charge on any atom is 0.394 e. The van der Waals surface area contributed by atoms with Gasteiger partial charge in [-0.05, 0) is 24.6 Å². The predicted octanol–water partition coefficient (Wildman–Crippen LogP) is 2.14. The number of aryl methyl sites for hydroxylation is 1. The van der Waals surface area contributed by atoms with Gasteiger partial charge in [0.05, 0.1) is 7.11 Å². The summed E-state index contributed by atoms with van der Waals surface area (Å²) in [7, 11) is 1.54. The first-order valence-electron chi connectivity index (χ1n) is 3.71. The Hall–Kier alpha value is -1.51. The van der Waals surface area contributed by atoms with Crippen LogP contribution in [-0.4, -0.2) is 12.1 Å². The van der Waals surface area contributed by atoms with Crippen molar-refractivity contribution >= 4 is 11.1 Å². The minimum atomic E-state index is 0.315. The van der Waals surface area contributed by atoms with Crippen LogP contribution in [0.25, 0.3) is 11.1 Å². The number of aromatic nitrogens is 1. The number of hydrogen-bond acceptors (Lipinski definition) is 3. The summed E-state index contributed by atoms with van der Waals surface area (Å²) in [6.45, 7) is 2.01. The number of benzene rings is 1. The van der Waals surface area contributed by atoms with Crippen LogP contribution in [0.5, 0.6) is 6.08 Å². The maximum atomic E-state index is 5.26. The number of nitrogens with zero attached hydrogens (tertiary/aromatic N) is 1. The second kappa shape index (κ2) is 2.52. The summed E-state index contributed by atoms with van der Waals surface area (Å²) in [6, 6.07) is 5.84. The molecule has 0 spiro atoms. The van der Waals surface area contributed by atoms with Crippen LogP contribution >= 0.6 is 0 Å². The number of hydrogen-bond donors (Lipinski definition) is 0. The highest BCUT2D eigenvalue weighted by molar-refractivity contribution is 5.73. The van der Waals surface area contributed by atoms with Gasteiger partial charge in [0.25, 0.3) is 0 Å². The summed E-state index contributed by atoms with van der Waals surface area (Å²) in [6.07, 6.45) is 0.315. The number of ether oxygens (including phenoxy) is 1. The second-order valence-corrected chi connectivity index (χ2v) is 2.66. The van der Waals surface area contributed by atoms with Gasteiger partial charge in [-0.15, -0.1) is 0 Å². The fourth-order valence-electron chi connectivity index (χ4n) is 1.10. The van der Waals surface area contributed by atoms with E-state index in [1.165, 1.54) is 7.11 Å². The van der Waals surface area contributed by atoms with Crippen LogP contribution in [-0.2, 0) is 0 Å². The first kappa shape index (κ1) is 7.16. The van der Waals surface area contributed by atoms with Gasteiger partial charge in [-0.1, -0.05) is 6.07 Å². The van der Waals surface area contributed by atoms with E-state index < -0.39 is 0 Å². The normalized spacial score (nSPS) is 10.5. The molecule has 2 aromatic rings. The summed E-state index contributed by atoms with van der Waals surface area (Å²) in [5.74, 6) is 0. The van der Waals surface area contributed by atoms with E-state index in [4.69, 9.17) is 9.15 Å². The molecule has 1 heterocycles. The molecule has 0 radical (unpaired) electrons. The molecule has 0 N–H and O–H groups in total. The van der Waals surface area contributed by atoms with E-state index in [2.05, 4.69) is 4.98 Å². The van der Waals surface area contributed by atoms with Gasteiger partial charge in [-0.2, -0.15) is 4.98 Å². The molecule has 62 valence electrons. The summed E-state index contributed by atoms with van der Waals surface area (Å²) < 4.78 is 10.1. The van der Waals surface area contributed by atoms with E-state index in [9.17, 15) is 0 Å². The molecule has 12 heavy (non-hydrogen) atoms. The van der Waals surface area contributed by atoms with Crippen molar-refractivity contribution in [1.82, 2.24) is 4.98 Å². The SMILES string of the molecule is COc1nc2ccc(C)cc2o1. The molecule has 0 aliphatic heterocycles. The summed E-state index contributed by atoms with van der Waals surface area (Å²) in [4.78, 5) is 4.08. The number of oxazole rings is 1. The average molecular weight is 163 g/mol. The van der Waals surface area contributed by atoms with Crippen molar-refractivity contribution in [3.63, 3.8) is 0 Å². The fourth-order valence-corrected chi connectivity index (χ4v) is 1.10. The number of methoxy groups -OCH3 is 1. The van der Waals surface area contributed by atoms with E-state index in [0.29, 0.717) is 6.08 Å². The van der Waals surface area contributed by atoms with Crippen LogP contribution in [0.3, 0.4) is 0 Å². The molecule has 3 nitrogen and oxygen atoms in total. The molecule has 0 fully saturated rings. The quantitative estimate of drug-likeness (QED) is 0.646. The molecular weight excluding hydrogens is 154 g/mol. The Morgan fingerprint density at radius 1 is 1.42 bits per heavy atom. The average Bonchev–Trinajstić information content (AvgIpc) is 2.46. The van der Waals surface area contributed by atoms with Gasteiger partial charge < -0.3 is 9.15 Å². The third kappa shape index (κ3) is 1.03. The smallest absolute Gasteiger partial charge is 0.394 e. The maximum absolute atomic E-state index is 5.26. The summed E-state index contributed by atoms with van der Waals surface area (Å²) in [5.41, 5.74) is 2.76. The Kier molecular flexibility index (Phi) is 1.50. The van der Waals surface area contributed by atoms with Gasteiger partial charge >= 0.3 is 6.08 Å². The van der Waals surface area contributed by atoms with E-state index >= 15 is 0 Å². The molecule has 2 rings (SSSR count). The van der Waals surface area contributed by atoms with Crippen molar-refractivity contribution < 1.29 is 9.15 Å².